The summed E-state index contributed by atoms with van der Waals surface area (Å²) in [5, 5.41) is 10.0. The van der Waals surface area contributed by atoms with Crippen molar-refractivity contribution in [3.05, 3.63) is 46.1 Å². The first-order valence-electron chi connectivity index (χ1n) is 9.16. The van der Waals surface area contributed by atoms with Gasteiger partial charge in [0.15, 0.2) is 18.4 Å². The van der Waals surface area contributed by atoms with Crippen LogP contribution in [0, 0.1) is 20.8 Å². The normalized spacial score (nSPS) is 14.1. The molecular weight excluding hydrogens is 328 g/mol. The Bertz CT molecular complexity index is 783. The van der Waals surface area contributed by atoms with Crippen molar-refractivity contribution in [2.24, 2.45) is 0 Å². The van der Waals surface area contributed by atoms with E-state index < -0.39 is 0 Å². The van der Waals surface area contributed by atoms with Crippen molar-refractivity contribution < 1.29 is 14.6 Å². The first-order chi connectivity index (χ1) is 12.5. The summed E-state index contributed by atoms with van der Waals surface area (Å²) in [5.74, 6) is 2.04. The second-order valence-corrected chi connectivity index (χ2v) is 6.99. The SMILES string of the molecule is COCOc1ccc(Cc2c(C)cc(O)c(C)c2C)nc1N1CCCC1. The summed E-state index contributed by atoms with van der Waals surface area (Å²) in [6.07, 6.45) is 3.11. The molecule has 1 aromatic carbocycles. The van der Waals surface area contributed by atoms with Crippen LogP contribution in [0.25, 0.3) is 0 Å². The van der Waals surface area contributed by atoms with E-state index in [4.69, 9.17) is 14.5 Å². The molecule has 0 saturated carbocycles. The van der Waals surface area contributed by atoms with E-state index in [1.54, 1.807) is 7.11 Å². The molecule has 1 saturated heterocycles. The molecule has 2 aromatic rings. The van der Waals surface area contributed by atoms with Crippen molar-refractivity contribution in [3.63, 3.8) is 0 Å². The van der Waals surface area contributed by atoms with Gasteiger partial charge in [-0.15, -0.1) is 0 Å². The summed E-state index contributed by atoms with van der Waals surface area (Å²) in [5.41, 5.74) is 5.39. The molecule has 0 aliphatic carbocycles. The summed E-state index contributed by atoms with van der Waals surface area (Å²) in [6, 6.07) is 5.85. The van der Waals surface area contributed by atoms with E-state index in [2.05, 4.69) is 11.8 Å². The zero-order valence-electron chi connectivity index (χ0n) is 16.1. The molecular formula is C21H28N2O3. The summed E-state index contributed by atoms with van der Waals surface area (Å²) in [4.78, 5) is 7.21. The Kier molecular flexibility index (Phi) is 5.67. The van der Waals surface area contributed by atoms with E-state index in [0.717, 1.165) is 53.5 Å². The fourth-order valence-electron chi connectivity index (χ4n) is 3.53. The van der Waals surface area contributed by atoms with Crippen LogP contribution < -0.4 is 9.64 Å². The van der Waals surface area contributed by atoms with Crippen molar-refractivity contribution in [2.45, 2.75) is 40.0 Å². The highest BCUT2D eigenvalue weighted by Crippen LogP contribution is 2.32. The molecule has 3 rings (SSSR count). The van der Waals surface area contributed by atoms with E-state index in [-0.39, 0.29) is 6.79 Å². The molecule has 1 aliphatic heterocycles. The van der Waals surface area contributed by atoms with Crippen molar-refractivity contribution in [1.82, 2.24) is 4.98 Å². The Balaban J connectivity index is 1.94. The number of hydrogen-bond acceptors (Lipinski definition) is 5. The van der Waals surface area contributed by atoms with Crippen LogP contribution in [0.1, 0.15) is 40.8 Å². The number of aromatic nitrogens is 1. The van der Waals surface area contributed by atoms with E-state index in [1.807, 2.05) is 32.0 Å². The summed E-state index contributed by atoms with van der Waals surface area (Å²) in [7, 11) is 1.62. The molecule has 5 nitrogen and oxygen atoms in total. The molecule has 1 fully saturated rings. The molecule has 0 amide bonds. The number of ether oxygens (including phenoxy) is 2. The Morgan fingerprint density at radius 1 is 1.12 bits per heavy atom. The van der Waals surface area contributed by atoms with Crippen LogP contribution in [0.2, 0.25) is 0 Å². The van der Waals surface area contributed by atoms with E-state index in [9.17, 15) is 5.11 Å². The third kappa shape index (κ3) is 3.78. The van der Waals surface area contributed by atoms with Crippen LogP contribution in [-0.2, 0) is 11.2 Å². The summed E-state index contributed by atoms with van der Waals surface area (Å²) in [6.45, 7) is 8.30. The molecule has 0 bridgehead atoms. The van der Waals surface area contributed by atoms with Crippen molar-refractivity contribution in [1.29, 1.82) is 0 Å². The van der Waals surface area contributed by atoms with Crippen LogP contribution in [-0.4, -0.2) is 37.1 Å². The predicted octanol–water partition coefficient (Wildman–Crippen LogP) is 3.89. The van der Waals surface area contributed by atoms with Gasteiger partial charge in [0.25, 0.3) is 0 Å². The van der Waals surface area contributed by atoms with Crippen LogP contribution in [0.15, 0.2) is 18.2 Å². The van der Waals surface area contributed by atoms with Crippen LogP contribution in [0.5, 0.6) is 11.5 Å². The number of pyridine rings is 1. The highest BCUT2D eigenvalue weighted by molar-refractivity contribution is 5.55. The maximum Gasteiger partial charge on any atom is 0.188 e. The van der Waals surface area contributed by atoms with Gasteiger partial charge < -0.3 is 19.5 Å². The number of hydrogen-bond donors (Lipinski definition) is 1. The van der Waals surface area contributed by atoms with Gasteiger partial charge in [-0.1, -0.05) is 0 Å². The third-order valence-electron chi connectivity index (χ3n) is 5.22. The number of methoxy groups -OCH3 is 1. The minimum absolute atomic E-state index is 0.219. The Morgan fingerprint density at radius 2 is 1.85 bits per heavy atom. The summed E-state index contributed by atoms with van der Waals surface area (Å²) < 4.78 is 10.8. The lowest BCUT2D eigenvalue weighted by atomic mass is 9.94. The largest absolute Gasteiger partial charge is 0.508 e. The molecule has 0 spiro atoms. The number of aromatic hydroxyl groups is 1. The van der Waals surface area contributed by atoms with Crippen LogP contribution in [0.4, 0.5) is 5.82 Å². The van der Waals surface area contributed by atoms with Gasteiger partial charge in [0.05, 0.1) is 0 Å². The van der Waals surface area contributed by atoms with Gasteiger partial charge >= 0.3 is 0 Å². The number of anilines is 1. The Labute approximate surface area is 155 Å². The first-order valence-corrected chi connectivity index (χ1v) is 9.16. The molecule has 0 atom stereocenters. The number of rotatable bonds is 6. The molecule has 140 valence electrons. The number of nitrogens with zero attached hydrogens (tertiary/aromatic N) is 2. The fourth-order valence-corrected chi connectivity index (χ4v) is 3.53. The molecule has 0 radical (unpaired) electrons. The molecule has 2 heterocycles. The topological polar surface area (TPSA) is 54.8 Å². The molecule has 1 aromatic heterocycles. The average Bonchev–Trinajstić information content (AvgIpc) is 3.16. The van der Waals surface area contributed by atoms with E-state index >= 15 is 0 Å². The van der Waals surface area contributed by atoms with Crippen molar-refractivity contribution in [3.8, 4) is 11.5 Å². The number of phenolic OH excluding ortho intramolecular Hbond substituents is 1. The maximum absolute atomic E-state index is 10.0. The van der Waals surface area contributed by atoms with Gasteiger partial charge in [-0.2, -0.15) is 0 Å². The maximum atomic E-state index is 10.0. The molecule has 26 heavy (non-hydrogen) atoms. The minimum atomic E-state index is 0.219. The highest BCUT2D eigenvalue weighted by Gasteiger charge is 2.20. The monoisotopic (exact) mass is 356 g/mol. The first kappa shape index (κ1) is 18.5. The predicted molar refractivity (Wildman–Crippen MR) is 103 cm³/mol. The van der Waals surface area contributed by atoms with Gasteiger partial charge in [0.1, 0.15) is 5.75 Å². The van der Waals surface area contributed by atoms with Gasteiger partial charge in [-0.05, 0) is 74.1 Å². The molecule has 5 heteroatoms. The summed E-state index contributed by atoms with van der Waals surface area (Å²) >= 11 is 0. The Hall–Kier alpha value is -2.27. The zero-order valence-corrected chi connectivity index (χ0v) is 16.1. The van der Waals surface area contributed by atoms with Crippen molar-refractivity contribution >= 4 is 5.82 Å². The second kappa shape index (κ2) is 7.96. The fraction of sp³-hybridized carbons (Fsp3) is 0.476. The number of aryl methyl sites for hydroxylation is 1. The van der Waals surface area contributed by atoms with E-state index in [0.29, 0.717) is 5.75 Å². The minimum Gasteiger partial charge on any atom is -0.508 e. The lowest BCUT2D eigenvalue weighted by Gasteiger charge is -2.21. The molecule has 1 N–H and O–H groups in total. The van der Waals surface area contributed by atoms with Crippen LogP contribution in [0.3, 0.4) is 0 Å². The highest BCUT2D eigenvalue weighted by atomic mass is 16.7. The average molecular weight is 356 g/mol. The smallest absolute Gasteiger partial charge is 0.188 e. The van der Waals surface area contributed by atoms with Crippen molar-refractivity contribution in [2.75, 3.05) is 31.9 Å². The number of benzene rings is 1. The lowest BCUT2D eigenvalue weighted by Crippen LogP contribution is -2.21. The molecule has 0 unspecified atom stereocenters. The lowest BCUT2D eigenvalue weighted by molar-refractivity contribution is 0.0512. The zero-order chi connectivity index (χ0) is 18.7. The van der Waals surface area contributed by atoms with Gasteiger partial charge in [0, 0.05) is 32.3 Å². The second-order valence-electron chi connectivity index (χ2n) is 6.99. The van der Waals surface area contributed by atoms with Crippen LogP contribution >= 0.6 is 0 Å². The molecule has 1 aliphatic rings. The third-order valence-corrected chi connectivity index (χ3v) is 5.22. The van der Waals surface area contributed by atoms with Gasteiger partial charge in [-0.25, -0.2) is 4.98 Å². The number of phenols is 1. The quantitative estimate of drug-likeness (QED) is 0.796. The Morgan fingerprint density at radius 3 is 2.54 bits per heavy atom. The van der Waals surface area contributed by atoms with Gasteiger partial charge in [-0.3, -0.25) is 0 Å². The standard InChI is InChI=1S/C21H28N2O3/c1-14-11-19(24)16(3)15(2)18(14)12-17-7-8-20(26-13-25-4)21(22-17)23-9-5-6-10-23/h7-8,11,24H,5-6,9-10,12-13H2,1-4H3. The van der Waals surface area contributed by atoms with Gasteiger partial charge in [0.2, 0.25) is 0 Å². The van der Waals surface area contributed by atoms with E-state index in [1.165, 1.54) is 18.4 Å².